The number of carbonyl (C=O) groups is 1. The summed E-state index contributed by atoms with van der Waals surface area (Å²) in [7, 11) is 0. The lowest BCUT2D eigenvalue weighted by atomic mass is 10.1. The van der Waals surface area contributed by atoms with Gasteiger partial charge < -0.3 is 10.6 Å². The van der Waals surface area contributed by atoms with Crippen molar-refractivity contribution in [3.63, 3.8) is 0 Å². The van der Waals surface area contributed by atoms with Crippen molar-refractivity contribution in [3.05, 3.63) is 34.3 Å². The first kappa shape index (κ1) is 16.5. The zero-order valence-corrected chi connectivity index (χ0v) is 13.4. The number of nitrogens with zero attached hydrogens (tertiary/aromatic N) is 1. The van der Waals surface area contributed by atoms with E-state index < -0.39 is 0 Å². The number of carbonyl (C=O) groups excluding carboxylic acids is 1. The molecule has 0 aliphatic carbocycles. The largest absolute Gasteiger partial charge is 0.339 e. The van der Waals surface area contributed by atoms with Crippen molar-refractivity contribution in [2.45, 2.75) is 25.8 Å². The lowest BCUT2D eigenvalue weighted by Crippen LogP contribution is -2.35. The Bertz CT molecular complexity index is 441. The molecule has 2 N–H and O–H groups in total. The van der Waals surface area contributed by atoms with Crippen LogP contribution in [-0.2, 0) is 11.2 Å². The van der Waals surface area contributed by atoms with E-state index in [4.69, 9.17) is 5.73 Å². The second-order valence-corrected chi connectivity index (χ2v) is 5.86. The van der Waals surface area contributed by atoms with Gasteiger partial charge in [0.05, 0.1) is 6.42 Å². The third-order valence-electron chi connectivity index (χ3n) is 3.61. The van der Waals surface area contributed by atoms with Gasteiger partial charge in [0.1, 0.15) is 0 Å². The maximum atomic E-state index is 12.3. The number of hydrogen-bond donors (Lipinski definition) is 1. The van der Waals surface area contributed by atoms with E-state index in [1.54, 1.807) is 0 Å². The van der Waals surface area contributed by atoms with Crippen LogP contribution in [0.5, 0.6) is 0 Å². The van der Waals surface area contributed by atoms with Gasteiger partial charge in [0.25, 0.3) is 0 Å². The molecule has 0 bridgehead atoms. The van der Waals surface area contributed by atoms with E-state index in [0.29, 0.717) is 24.9 Å². The summed E-state index contributed by atoms with van der Waals surface area (Å²) in [5.74, 6) is 0.661. The highest BCUT2D eigenvalue weighted by Gasteiger charge is 2.31. The van der Waals surface area contributed by atoms with Crippen LogP contribution in [0.15, 0.2) is 28.7 Å². The monoisotopic (exact) mass is 346 g/mol. The predicted molar refractivity (Wildman–Crippen MR) is 83.4 cm³/mol. The smallest absolute Gasteiger partial charge is 0.227 e. The minimum atomic E-state index is 0. The van der Waals surface area contributed by atoms with Crippen molar-refractivity contribution in [1.82, 2.24) is 4.90 Å². The molecule has 2 unspecified atom stereocenters. The van der Waals surface area contributed by atoms with E-state index in [1.807, 2.05) is 29.2 Å². The normalized spacial score (nSPS) is 22.2. The highest BCUT2D eigenvalue weighted by molar-refractivity contribution is 9.10. The summed E-state index contributed by atoms with van der Waals surface area (Å²) < 4.78 is 1.00. The number of halogens is 2. The van der Waals surface area contributed by atoms with Gasteiger partial charge in [-0.15, -0.1) is 12.4 Å². The maximum absolute atomic E-state index is 12.3. The molecule has 0 saturated carbocycles. The topological polar surface area (TPSA) is 46.3 Å². The molecule has 1 fully saturated rings. The highest BCUT2D eigenvalue weighted by atomic mass is 79.9. The molecule has 1 saturated heterocycles. The Hall–Kier alpha value is -0.580. The zero-order chi connectivity index (χ0) is 13.1. The number of rotatable bonds is 3. The van der Waals surface area contributed by atoms with Crippen LogP contribution >= 0.6 is 28.3 Å². The number of benzene rings is 1. The summed E-state index contributed by atoms with van der Waals surface area (Å²) in [6, 6.07) is 8.19. The molecule has 0 aromatic heterocycles. The molecule has 1 aromatic carbocycles. The van der Waals surface area contributed by atoms with E-state index >= 15 is 0 Å². The van der Waals surface area contributed by atoms with Crippen molar-refractivity contribution in [2.24, 2.45) is 11.7 Å². The van der Waals surface area contributed by atoms with Gasteiger partial charge in [-0.1, -0.05) is 34.1 Å². The van der Waals surface area contributed by atoms with Crippen LogP contribution in [0.1, 0.15) is 18.9 Å². The minimum absolute atomic E-state index is 0. The van der Waals surface area contributed by atoms with Gasteiger partial charge in [-0.2, -0.15) is 0 Å². The predicted octanol–water partition coefficient (Wildman–Crippen LogP) is 2.61. The first-order valence-electron chi connectivity index (χ1n) is 6.34. The lowest BCUT2D eigenvalue weighted by molar-refractivity contribution is -0.131. The van der Waals surface area contributed by atoms with Crippen molar-refractivity contribution in [3.8, 4) is 0 Å². The van der Waals surface area contributed by atoms with Gasteiger partial charge in [-0.3, -0.25) is 4.79 Å². The van der Waals surface area contributed by atoms with Crippen LogP contribution in [0, 0.1) is 5.92 Å². The molecular formula is C14H20BrClN2O. The quantitative estimate of drug-likeness (QED) is 0.913. The molecule has 0 radical (unpaired) electrons. The Balaban J connectivity index is 0.00000180. The van der Waals surface area contributed by atoms with Gasteiger partial charge in [0.2, 0.25) is 5.91 Å². The number of nitrogens with two attached hydrogens (primary N) is 1. The fourth-order valence-electron chi connectivity index (χ4n) is 2.57. The standard InChI is InChI=1S/C14H19BrN2O.ClH/c1-10-6-11(8-16)9-17(10)14(18)7-12-4-2-3-5-13(12)15;/h2-5,10-11H,6-9,16H2,1H3;1H. The van der Waals surface area contributed by atoms with Crippen molar-refractivity contribution >= 4 is 34.2 Å². The van der Waals surface area contributed by atoms with E-state index in [2.05, 4.69) is 22.9 Å². The van der Waals surface area contributed by atoms with E-state index in [0.717, 1.165) is 23.0 Å². The molecule has 1 aromatic rings. The van der Waals surface area contributed by atoms with Gasteiger partial charge >= 0.3 is 0 Å². The third-order valence-corrected chi connectivity index (χ3v) is 4.39. The summed E-state index contributed by atoms with van der Waals surface area (Å²) in [4.78, 5) is 14.3. The molecule has 19 heavy (non-hydrogen) atoms. The lowest BCUT2D eigenvalue weighted by Gasteiger charge is -2.21. The molecular weight excluding hydrogens is 328 g/mol. The second-order valence-electron chi connectivity index (χ2n) is 5.00. The van der Waals surface area contributed by atoms with Crippen LogP contribution in [0.2, 0.25) is 0 Å². The number of amides is 1. The maximum Gasteiger partial charge on any atom is 0.227 e. The summed E-state index contributed by atoms with van der Waals surface area (Å²) in [6.45, 7) is 3.58. The summed E-state index contributed by atoms with van der Waals surface area (Å²) in [5.41, 5.74) is 6.74. The zero-order valence-electron chi connectivity index (χ0n) is 11.0. The SMILES string of the molecule is CC1CC(CN)CN1C(=O)Cc1ccccc1Br.Cl. The summed E-state index contributed by atoms with van der Waals surface area (Å²) >= 11 is 3.48. The van der Waals surface area contributed by atoms with Gasteiger partial charge in [-0.05, 0) is 37.4 Å². The van der Waals surface area contributed by atoms with Crippen LogP contribution in [-0.4, -0.2) is 29.9 Å². The van der Waals surface area contributed by atoms with Crippen LogP contribution in [0.4, 0.5) is 0 Å². The van der Waals surface area contributed by atoms with Crippen molar-refractivity contribution in [2.75, 3.05) is 13.1 Å². The van der Waals surface area contributed by atoms with Gasteiger partial charge in [0.15, 0.2) is 0 Å². The molecule has 1 heterocycles. The summed E-state index contributed by atoms with van der Waals surface area (Å²) in [5, 5.41) is 0. The molecule has 3 nitrogen and oxygen atoms in total. The number of hydrogen-bond acceptors (Lipinski definition) is 2. The van der Waals surface area contributed by atoms with E-state index in [-0.39, 0.29) is 18.3 Å². The number of likely N-dealkylation sites (tertiary alicyclic amines) is 1. The molecule has 2 atom stereocenters. The molecule has 0 spiro atoms. The van der Waals surface area contributed by atoms with Crippen LogP contribution < -0.4 is 5.73 Å². The first-order valence-corrected chi connectivity index (χ1v) is 7.14. The Labute approximate surface area is 129 Å². The fourth-order valence-corrected chi connectivity index (χ4v) is 2.99. The van der Waals surface area contributed by atoms with Crippen LogP contribution in [0.3, 0.4) is 0 Å². The van der Waals surface area contributed by atoms with Crippen LogP contribution in [0.25, 0.3) is 0 Å². The molecule has 1 aliphatic heterocycles. The van der Waals surface area contributed by atoms with Crippen molar-refractivity contribution < 1.29 is 4.79 Å². The minimum Gasteiger partial charge on any atom is -0.339 e. The van der Waals surface area contributed by atoms with Gasteiger partial charge in [-0.25, -0.2) is 0 Å². The van der Waals surface area contributed by atoms with E-state index in [9.17, 15) is 4.79 Å². The average molecular weight is 348 g/mol. The molecule has 5 heteroatoms. The van der Waals surface area contributed by atoms with Gasteiger partial charge in [0, 0.05) is 17.1 Å². The Morgan fingerprint density at radius 2 is 2.16 bits per heavy atom. The average Bonchev–Trinajstić information content (AvgIpc) is 2.73. The second kappa shape index (κ2) is 7.27. The Morgan fingerprint density at radius 3 is 2.74 bits per heavy atom. The molecule has 1 amide bonds. The molecule has 106 valence electrons. The highest BCUT2D eigenvalue weighted by Crippen LogP contribution is 2.24. The third kappa shape index (κ3) is 3.94. The Kier molecular flexibility index (Phi) is 6.30. The molecule has 1 aliphatic rings. The van der Waals surface area contributed by atoms with E-state index in [1.165, 1.54) is 0 Å². The fraction of sp³-hybridized carbons (Fsp3) is 0.500. The van der Waals surface area contributed by atoms with Crippen molar-refractivity contribution in [1.29, 1.82) is 0 Å². The summed E-state index contributed by atoms with van der Waals surface area (Å²) in [6.07, 6.45) is 1.49. The Morgan fingerprint density at radius 1 is 1.47 bits per heavy atom. The molecule has 2 rings (SSSR count). The first-order chi connectivity index (χ1) is 8.61.